The molecule has 110 valence electrons. The summed E-state index contributed by atoms with van der Waals surface area (Å²) < 4.78 is 0. The summed E-state index contributed by atoms with van der Waals surface area (Å²) in [4.78, 5) is 7.78. The molecule has 0 bridgehead atoms. The number of aryl methyl sites for hydroxylation is 1. The molecule has 1 unspecified atom stereocenters. The van der Waals surface area contributed by atoms with Crippen molar-refractivity contribution in [1.82, 2.24) is 9.97 Å². The number of aromatic nitrogens is 2. The Hall–Kier alpha value is -1.83. The van der Waals surface area contributed by atoms with Crippen molar-refractivity contribution in [2.45, 2.75) is 46.0 Å². The van der Waals surface area contributed by atoms with Gasteiger partial charge in [-0.25, -0.2) is 4.98 Å². The number of allylic oxidation sites excluding steroid dienone is 8. The Labute approximate surface area is 127 Å². The molecule has 1 aromatic rings. The molecule has 1 heterocycles. The highest BCUT2D eigenvalue weighted by atomic mass is 14.9. The van der Waals surface area contributed by atoms with Gasteiger partial charge in [-0.1, -0.05) is 50.1 Å². The lowest BCUT2D eigenvalue weighted by Crippen LogP contribution is -2.06. The molecule has 3 rings (SSSR count). The van der Waals surface area contributed by atoms with Gasteiger partial charge in [-0.05, 0) is 43.3 Å². The fraction of sp³-hybridized carbons (Fsp3) is 0.421. The van der Waals surface area contributed by atoms with E-state index in [1.807, 2.05) is 13.1 Å². The van der Waals surface area contributed by atoms with E-state index in [0.717, 1.165) is 17.4 Å². The van der Waals surface area contributed by atoms with Crippen molar-refractivity contribution in [3.8, 4) is 0 Å². The van der Waals surface area contributed by atoms with Crippen LogP contribution in [0.15, 0.2) is 47.7 Å². The molecule has 1 atom stereocenters. The molecule has 1 saturated carbocycles. The van der Waals surface area contributed by atoms with Crippen molar-refractivity contribution in [2.24, 2.45) is 5.92 Å². The van der Waals surface area contributed by atoms with E-state index in [4.69, 9.17) is 0 Å². The highest BCUT2D eigenvalue weighted by Gasteiger charge is 2.18. The fourth-order valence-corrected chi connectivity index (χ4v) is 3.33. The maximum atomic E-state index is 4.38. The average Bonchev–Trinajstić information content (AvgIpc) is 2.85. The maximum absolute atomic E-state index is 4.38. The van der Waals surface area contributed by atoms with Gasteiger partial charge in [0.1, 0.15) is 5.82 Å². The van der Waals surface area contributed by atoms with Gasteiger partial charge in [0, 0.05) is 5.57 Å². The lowest BCUT2D eigenvalue weighted by Gasteiger charge is -2.23. The van der Waals surface area contributed by atoms with E-state index < -0.39 is 0 Å². The summed E-state index contributed by atoms with van der Waals surface area (Å²) in [6.07, 6.45) is 19.3. The van der Waals surface area contributed by atoms with Crippen molar-refractivity contribution >= 4 is 5.57 Å². The van der Waals surface area contributed by atoms with E-state index in [2.05, 4.69) is 47.3 Å². The summed E-state index contributed by atoms with van der Waals surface area (Å²) in [5.74, 6) is 1.75. The lowest BCUT2D eigenvalue weighted by atomic mass is 9.82. The summed E-state index contributed by atoms with van der Waals surface area (Å²) in [6.45, 7) is 4.39. The number of hydrogen-bond donors (Lipinski definition) is 1. The van der Waals surface area contributed by atoms with Crippen LogP contribution in [0.4, 0.5) is 0 Å². The number of nitrogens with zero attached hydrogens (tertiary/aromatic N) is 1. The van der Waals surface area contributed by atoms with Crippen molar-refractivity contribution in [1.29, 1.82) is 0 Å². The topological polar surface area (TPSA) is 28.7 Å². The molecule has 0 saturated heterocycles. The smallest absolute Gasteiger partial charge is 0.103 e. The Morgan fingerprint density at radius 1 is 1.19 bits per heavy atom. The monoisotopic (exact) mass is 280 g/mol. The standard InChI is InChI=1S/C19H24N2/c1-14-8-6-7-10-17-16(12-14)9-4-3-5-11-18(17)19-13-20-15(2)21-19/h3-5,9,11,13-14H,6-8,10,12H2,1-2H3,(H,20,21)/b4-3-,5-3?,9-4?,11-5-,16-9-,17-16?,18-11?,18-17+. The van der Waals surface area contributed by atoms with Gasteiger partial charge in [-0.2, -0.15) is 0 Å². The first kappa shape index (κ1) is 14.1. The second-order valence-corrected chi connectivity index (χ2v) is 6.27. The number of aromatic amines is 1. The van der Waals surface area contributed by atoms with Crippen LogP contribution in [0.25, 0.3) is 5.57 Å². The summed E-state index contributed by atoms with van der Waals surface area (Å²) >= 11 is 0. The molecule has 0 spiro atoms. The zero-order valence-corrected chi connectivity index (χ0v) is 13.0. The van der Waals surface area contributed by atoms with Crippen molar-refractivity contribution in [3.05, 3.63) is 59.2 Å². The molecule has 1 N–H and O–H groups in total. The van der Waals surface area contributed by atoms with Crippen molar-refractivity contribution in [2.75, 3.05) is 0 Å². The van der Waals surface area contributed by atoms with Gasteiger partial charge < -0.3 is 4.98 Å². The zero-order chi connectivity index (χ0) is 14.7. The van der Waals surface area contributed by atoms with Gasteiger partial charge in [0.2, 0.25) is 0 Å². The van der Waals surface area contributed by atoms with Gasteiger partial charge in [-0.3, -0.25) is 0 Å². The predicted molar refractivity (Wildman–Crippen MR) is 88.9 cm³/mol. The Bertz CT molecular complexity index is 626. The Morgan fingerprint density at radius 2 is 2.10 bits per heavy atom. The van der Waals surface area contributed by atoms with Gasteiger partial charge in [0.25, 0.3) is 0 Å². The number of rotatable bonds is 1. The fourth-order valence-electron chi connectivity index (χ4n) is 3.33. The Morgan fingerprint density at radius 3 is 2.90 bits per heavy atom. The number of H-pyrrole nitrogens is 1. The molecular weight excluding hydrogens is 256 g/mol. The van der Waals surface area contributed by atoms with Crippen LogP contribution in [-0.2, 0) is 0 Å². The van der Waals surface area contributed by atoms with E-state index in [1.54, 1.807) is 0 Å². The van der Waals surface area contributed by atoms with Crippen molar-refractivity contribution in [3.63, 3.8) is 0 Å². The Balaban J connectivity index is 2.09. The van der Waals surface area contributed by atoms with Crippen LogP contribution in [0.5, 0.6) is 0 Å². The first-order valence-electron chi connectivity index (χ1n) is 8.03. The van der Waals surface area contributed by atoms with Crippen LogP contribution in [0, 0.1) is 12.8 Å². The van der Waals surface area contributed by atoms with Crippen LogP contribution in [0.1, 0.15) is 50.5 Å². The van der Waals surface area contributed by atoms with E-state index in [0.29, 0.717) is 0 Å². The molecule has 2 heteroatoms. The van der Waals surface area contributed by atoms with Crippen LogP contribution < -0.4 is 0 Å². The van der Waals surface area contributed by atoms with Gasteiger partial charge in [0.05, 0.1) is 11.9 Å². The van der Waals surface area contributed by atoms with Gasteiger partial charge in [-0.15, -0.1) is 0 Å². The molecule has 21 heavy (non-hydrogen) atoms. The molecule has 0 aromatic carbocycles. The minimum absolute atomic E-state index is 0.771. The maximum Gasteiger partial charge on any atom is 0.103 e. The molecule has 2 aliphatic rings. The normalized spacial score (nSPS) is 31.9. The molecule has 0 amide bonds. The van der Waals surface area contributed by atoms with Crippen LogP contribution in [-0.4, -0.2) is 9.97 Å². The van der Waals surface area contributed by atoms with E-state index in [1.165, 1.54) is 48.8 Å². The van der Waals surface area contributed by atoms with E-state index >= 15 is 0 Å². The minimum atomic E-state index is 0.771. The van der Waals surface area contributed by atoms with Crippen LogP contribution >= 0.6 is 0 Å². The SMILES string of the molecule is Cc1ncc(C2=C3\CCCCC(C)C\C3=C\C=C/C=C\2)[nH]1. The molecule has 0 aliphatic heterocycles. The molecular formula is C19H24N2. The summed E-state index contributed by atoms with van der Waals surface area (Å²) in [5, 5.41) is 0. The highest BCUT2D eigenvalue weighted by molar-refractivity contribution is 5.78. The molecule has 0 radical (unpaired) electrons. The molecule has 1 aromatic heterocycles. The quantitative estimate of drug-likeness (QED) is 0.759. The Kier molecular flexibility index (Phi) is 4.23. The largest absolute Gasteiger partial charge is 0.342 e. The molecule has 1 fully saturated rings. The first-order valence-corrected chi connectivity index (χ1v) is 8.03. The number of hydrogen-bond acceptors (Lipinski definition) is 1. The summed E-state index contributed by atoms with van der Waals surface area (Å²) in [6, 6.07) is 0. The average molecular weight is 280 g/mol. The van der Waals surface area contributed by atoms with E-state index in [-0.39, 0.29) is 0 Å². The minimum Gasteiger partial charge on any atom is -0.342 e. The first-order chi connectivity index (χ1) is 10.2. The third-order valence-electron chi connectivity index (χ3n) is 4.43. The summed E-state index contributed by atoms with van der Waals surface area (Å²) in [5.41, 5.74) is 5.48. The summed E-state index contributed by atoms with van der Waals surface area (Å²) in [7, 11) is 0. The third-order valence-corrected chi connectivity index (χ3v) is 4.43. The number of imidazole rings is 1. The lowest BCUT2D eigenvalue weighted by molar-refractivity contribution is 0.479. The van der Waals surface area contributed by atoms with Crippen LogP contribution in [0.2, 0.25) is 0 Å². The molecule has 2 nitrogen and oxygen atoms in total. The van der Waals surface area contributed by atoms with Crippen LogP contribution in [0.3, 0.4) is 0 Å². The third kappa shape index (κ3) is 3.26. The highest BCUT2D eigenvalue weighted by Crippen LogP contribution is 2.35. The van der Waals surface area contributed by atoms with E-state index in [9.17, 15) is 0 Å². The zero-order valence-electron chi connectivity index (χ0n) is 13.0. The number of fused-ring (bicyclic) bond motifs is 1. The second-order valence-electron chi connectivity index (χ2n) is 6.27. The second kappa shape index (κ2) is 6.30. The van der Waals surface area contributed by atoms with Crippen molar-refractivity contribution < 1.29 is 0 Å². The van der Waals surface area contributed by atoms with Gasteiger partial charge in [0.15, 0.2) is 0 Å². The van der Waals surface area contributed by atoms with Gasteiger partial charge >= 0.3 is 0 Å². The predicted octanol–water partition coefficient (Wildman–Crippen LogP) is 5.12. The number of nitrogens with one attached hydrogen (secondary N) is 1. The molecule has 2 aliphatic carbocycles.